The van der Waals surface area contributed by atoms with Crippen molar-refractivity contribution in [1.29, 1.82) is 0 Å². The highest BCUT2D eigenvalue weighted by atomic mass is 35.5. The SMILES string of the molecule is CC(CCl)CS(=O)(=O)N1CCCC(N2CCCC2)C1. The molecule has 0 spiro atoms. The molecule has 0 aromatic rings. The van der Waals surface area contributed by atoms with Gasteiger partial charge in [0.05, 0.1) is 5.75 Å². The standard InChI is InChI=1S/C13H25ClN2O2S/c1-12(9-14)11-19(17,18)16-8-4-5-13(10-16)15-6-2-3-7-15/h12-13H,2-11H2,1H3. The minimum absolute atomic E-state index is 0.0267. The van der Waals surface area contributed by atoms with Gasteiger partial charge in [-0.1, -0.05) is 6.92 Å². The van der Waals surface area contributed by atoms with Crippen LogP contribution in [0.15, 0.2) is 0 Å². The van der Waals surface area contributed by atoms with Gasteiger partial charge in [-0.05, 0) is 44.7 Å². The smallest absolute Gasteiger partial charge is 0.214 e. The molecular formula is C13H25ClN2O2S. The molecule has 0 amide bonds. The van der Waals surface area contributed by atoms with Gasteiger partial charge in [0.1, 0.15) is 0 Å². The van der Waals surface area contributed by atoms with Gasteiger partial charge >= 0.3 is 0 Å². The van der Waals surface area contributed by atoms with E-state index in [0.717, 1.165) is 25.9 Å². The molecule has 2 rings (SSSR count). The Hall–Kier alpha value is 0.160. The van der Waals surface area contributed by atoms with Gasteiger partial charge in [0.25, 0.3) is 0 Å². The minimum atomic E-state index is -3.13. The van der Waals surface area contributed by atoms with Crippen molar-refractivity contribution in [3.63, 3.8) is 0 Å². The molecule has 0 saturated carbocycles. The summed E-state index contributed by atoms with van der Waals surface area (Å²) in [5, 5.41) is 0. The first-order valence-electron chi connectivity index (χ1n) is 7.31. The lowest BCUT2D eigenvalue weighted by atomic mass is 10.1. The molecule has 112 valence electrons. The zero-order valence-corrected chi connectivity index (χ0v) is 13.3. The molecule has 2 saturated heterocycles. The van der Waals surface area contributed by atoms with Crippen LogP contribution in [-0.4, -0.2) is 61.5 Å². The predicted molar refractivity (Wildman–Crippen MR) is 79.1 cm³/mol. The summed E-state index contributed by atoms with van der Waals surface area (Å²) in [6.45, 7) is 5.53. The molecule has 0 aromatic heterocycles. The Morgan fingerprint density at radius 2 is 1.89 bits per heavy atom. The molecule has 19 heavy (non-hydrogen) atoms. The van der Waals surface area contributed by atoms with Crippen molar-refractivity contribution in [2.45, 2.75) is 38.6 Å². The van der Waals surface area contributed by atoms with Crippen molar-refractivity contribution in [2.24, 2.45) is 5.92 Å². The van der Waals surface area contributed by atoms with Crippen LogP contribution in [0.3, 0.4) is 0 Å². The maximum Gasteiger partial charge on any atom is 0.214 e. The van der Waals surface area contributed by atoms with Crippen molar-refractivity contribution in [3.05, 3.63) is 0 Å². The first kappa shape index (κ1) is 15.5. The summed E-state index contributed by atoms with van der Waals surface area (Å²) in [5.41, 5.74) is 0. The second kappa shape index (κ2) is 6.74. The van der Waals surface area contributed by atoms with Gasteiger partial charge in [-0.2, -0.15) is 0 Å². The molecule has 0 aliphatic carbocycles. The number of sulfonamides is 1. The quantitative estimate of drug-likeness (QED) is 0.727. The summed E-state index contributed by atoms with van der Waals surface area (Å²) < 4.78 is 26.4. The van der Waals surface area contributed by atoms with Crippen LogP contribution >= 0.6 is 11.6 Å². The van der Waals surface area contributed by atoms with Crippen LogP contribution in [0.2, 0.25) is 0 Å². The highest BCUT2D eigenvalue weighted by Crippen LogP contribution is 2.23. The largest absolute Gasteiger partial charge is 0.299 e. The zero-order chi connectivity index (χ0) is 13.9. The second-order valence-corrected chi connectivity index (χ2v) is 8.26. The molecule has 0 radical (unpaired) electrons. The summed E-state index contributed by atoms with van der Waals surface area (Å²) in [6, 6.07) is 0.428. The lowest BCUT2D eigenvalue weighted by Gasteiger charge is -2.37. The number of halogens is 1. The molecule has 2 unspecified atom stereocenters. The lowest BCUT2D eigenvalue weighted by molar-refractivity contribution is 0.162. The number of nitrogens with zero attached hydrogens (tertiary/aromatic N) is 2. The van der Waals surface area contributed by atoms with Gasteiger partial charge < -0.3 is 0 Å². The number of hydrogen-bond donors (Lipinski definition) is 0. The van der Waals surface area contributed by atoms with E-state index < -0.39 is 10.0 Å². The molecule has 2 aliphatic rings. The first-order valence-corrected chi connectivity index (χ1v) is 9.45. The van der Waals surface area contributed by atoms with Crippen LogP contribution in [0.25, 0.3) is 0 Å². The Labute approximate surface area is 122 Å². The normalized spacial score (nSPS) is 28.6. The van der Waals surface area contributed by atoms with Crippen LogP contribution in [0, 0.1) is 5.92 Å². The summed E-state index contributed by atoms with van der Waals surface area (Å²) in [7, 11) is -3.13. The third kappa shape index (κ3) is 4.06. The van der Waals surface area contributed by atoms with E-state index in [9.17, 15) is 8.42 Å². The highest BCUT2D eigenvalue weighted by Gasteiger charge is 2.33. The van der Waals surface area contributed by atoms with E-state index >= 15 is 0 Å². The Balaban J connectivity index is 1.96. The fourth-order valence-electron chi connectivity index (χ4n) is 3.09. The van der Waals surface area contributed by atoms with Gasteiger partial charge in [-0.25, -0.2) is 12.7 Å². The fraction of sp³-hybridized carbons (Fsp3) is 1.00. The maximum atomic E-state index is 12.4. The summed E-state index contributed by atoms with van der Waals surface area (Å²) in [5.74, 6) is 0.616. The third-order valence-corrected chi connectivity index (χ3v) is 6.80. The molecule has 4 nitrogen and oxygen atoms in total. The van der Waals surface area contributed by atoms with Crippen LogP contribution < -0.4 is 0 Å². The Morgan fingerprint density at radius 3 is 2.53 bits per heavy atom. The minimum Gasteiger partial charge on any atom is -0.299 e. The van der Waals surface area contributed by atoms with E-state index in [1.54, 1.807) is 4.31 Å². The topological polar surface area (TPSA) is 40.6 Å². The number of piperidine rings is 1. The van der Waals surface area contributed by atoms with Crippen LogP contribution in [-0.2, 0) is 10.0 Å². The van der Waals surface area contributed by atoms with E-state index in [4.69, 9.17) is 11.6 Å². The van der Waals surface area contributed by atoms with E-state index in [2.05, 4.69) is 4.90 Å². The van der Waals surface area contributed by atoms with Crippen LogP contribution in [0.5, 0.6) is 0 Å². The van der Waals surface area contributed by atoms with Crippen LogP contribution in [0.4, 0.5) is 0 Å². The van der Waals surface area contributed by atoms with Gasteiger partial charge in [-0.3, -0.25) is 4.90 Å². The molecule has 2 fully saturated rings. The van der Waals surface area contributed by atoms with Crippen molar-refractivity contribution in [3.8, 4) is 0 Å². The molecule has 2 atom stereocenters. The van der Waals surface area contributed by atoms with E-state index in [1.165, 1.54) is 12.8 Å². The molecular weight excluding hydrogens is 284 g/mol. The van der Waals surface area contributed by atoms with Crippen molar-refractivity contribution < 1.29 is 8.42 Å². The Morgan fingerprint density at radius 1 is 1.21 bits per heavy atom. The third-order valence-electron chi connectivity index (χ3n) is 4.17. The van der Waals surface area contributed by atoms with E-state index in [-0.39, 0.29) is 11.7 Å². The van der Waals surface area contributed by atoms with Gasteiger partial charge in [0.2, 0.25) is 10.0 Å². The molecule has 0 aromatic carbocycles. The number of alkyl halides is 1. The molecule has 2 aliphatic heterocycles. The number of rotatable bonds is 5. The lowest BCUT2D eigenvalue weighted by Crippen LogP contribution is -2.49. The summed E-state index contributed by atoms with van der Waals surface area (Å²) >= 11 is 5.74. The first-order chi connectivity index (χ1) is 9.03. The summed E-state index contributed by atoms with van der Waals surface area (Å²) in [4.78, 5) is 2.46. The Bertz CT molecular complexity index is 382. The highest BCUT2D eigenvalue weighted by molar-refractivity contribution is 7.89. The Kier molecular flexibility index (Phi) is 5.52. The van der Waals surface area contributed by atoms with Crippen molar-refractivity contribution in [1.82, 2.24) is 9.21 Å². The molecule has 2 heterocycles. The van der Waals surface area contributed by atoms with Crippen molar-refractivity contribution >= 4 is 21.6 Å². The van der Waals surface area contributed by atoms with Crippen molar-refractivity contribution in [2.75, 3.05) is 37.8 Å². The van der Waals surface area contributed by atoms with Gasteiger partial charge in [-0.15, -0.1) is 11.6 Å². The second-order valence-electron chi connectivity index (χ2n) is 5.94. The predicted octanol–water partition coefficient (Wildman–Crippen LogP) is 1.75. The summed E-state index contributed by atoms with van der Waals surface area (Å²) in [6.07, 6.45) is 4.63. The number of hydrogen-bond acceptors (Lipinski definition) is 3. The molecule has 6 heteroatoms. The van der Waals surface area contributed by atoms with Crippen LogP contribution in [0.1, 0.15) is 32.6 Å². The van der Waals surface area contributed by atoms with Gasteiger partial charge in [0, 0.05) is 25.0 Å². The molecule has 0 bridgehead atoms. The molecule has 0 N–H and O–H groups in total. The van der Waals surface area contributed by atoms with E-state index in [0.29, 0.717) is 25.0 Å². The zero-order valence-electron chi connectivity index (χ0n) is 11.7. The monoisotopic (exact) mass is 308 g/mol. The maximum absolute atomic E-state index is 12.4. The van der Waals surface area contributed by atoms with E-state index in [1.807, 2.05) is 6.92 Å². The average Bonchev–Trinajstić information content (AvgIpc) is 2.92. The fourth-order valence-corrected chi connectivity index (χ4v) is 5.18. The van der Waals surface area contributed by atoms with Gasteiger partial charge in [0.15, 0.2) is 0 Å². The number of likely N-dealkylation sites (tertiary alicyclic amines) is 1. The average molecular weight is 309 g/mol.